The Balaban J connectivity index is 1.67. The molecular formula is C21H19FN4O5S. The Bertz CT molecular complexity index is 1240. The van der Waals surface area contributed by atoms with Crippen molar-refractivity contribution in [3.05, 3.63) is 47.7 Å². The molecule has 0 radical (unpaired) electrons. The number of nitrogens with zero attached hydrogens (tertiary/aromatic N) is 4. The van der Waals surface area contributed by atoms with Crippen LogP contribution in [0.4, 0.5) is 15.9 Å². The van der Waals surface area contributed by atoms with E-state index in [1.165, 1.54) is 35.4 Å². The summed E-state index contributed by atoms with van der Waals surface area (Å²) >= 11 is 0. The van der Waals surface area contributed by atoms with Crippen molar-refractivity contribution < 1.29 is 27.1 Å². The van der Waals surface area contributed by atoms with E-state index in [9.17, 15) is 22.9 Å². The molecule has 1 amide bonds. The van der Waals surface area contributed by atoms with E-state index >= 15 is 0 Å². The molecule has 9 nitrogen and oxygen atoms in total. The second-order valence-electron chi connectivity index (χ2n) is 7.72. The van der Waals surface area contributed by atoms with Gasteiger partial charge in [-0.3, -0.25) is 9.69 Å². The minimum Gasteiger partial charge on any atom is -0.338 e. The Morgan fingerprint density at radius 2 is 2.03 bits per heavy atom. The van der Waals surface area contributed by atoms with Crippen LogP contribution < -0.4 is 4.90 Å². The van der Waals surface area contributed by atoms with Crippen LogP contribution in [0.15, 0.2) is 41.4 Å². The predicted molar refractivity (Wildman–Crippen MR) is 109 cm³/mol. The fraction of sp³-hybridized carbons (Fsp3) is 0.381. The van der Waals surface area contributed by atoms with Crippen molar-refractivity contribution in [1.29, 1.82) is 5.26 Å². The monoisotopic (exact) mass is 458 g/mol. The molecule has 0 bridgehead atoms. The number of ether oxygens (including phenoxy) is 2. The molecule has 32 heavy (non-hydrogen) atoms. The molecular weight excluding hydrogens is 439 g/mol. The number of hydrogen-bond donors (Lipinski definition) is 0. The number of fused-ring (bicyclic) bond motifs is 2. The van der Waals surface area contributed by atoms with Crippen LogP contribution in [0.3, 0.4) is 0 Å². The maximum absolute atomic E-state index is 13.7. The van der Waals surface area contributed by atoms with E-state index in [0.717, 1.165) is 4.31 Å². The van der Waals surface area contributed by atoms with E-state index in [4.69, 9.17) is 9.47 Å². The molecule has 0 N–H and O–H groups in total. The normalized spacial score (nSPS) is 22.8. The summed E-state index contributed by atoms with van der Waals surface area (Å²) in [6.45, 7) is 0.350. The Morgan fingerprint density at radius 1 is 1.25 bits per heavy atom. The van der Waals surface area contributed by atoms with E-state index in [-0.39, 0.29) is 54.6 Å². The fourth-order valence-corrected chi connectivity index (χ4v) is 5.75. The van der Waals surface area contributed by atoms with Crippen molar-refractivity contribution >= 4 is 27.4 Å². The molecule has 1 aromatic carbocycles. The molecule has 2 fully saturated rings. The minimum atomic E-state index is -3.98. The third kappa shape index (κ3) is 3.02. The summed E-state index contributed by atoms with van der Waals surface area (Å²) in [7, 11) is -3.98. The lowest BCUT2D eigenvalue weighted by atomic mass is 10.1. The number of amides is 1. The van der Waals surface area contributed by atoms with Crippen LogP contribution in [0.5, 0.6) is 0 Å². The standard InChI is InChI=1S/C21H19FN4O5S/c22-15-6-8-25(13-15)32(28,29)16-4-5-18-17(11-16)21(30-9-2-10-31-21)20(27)26(18)19-14(12-23)3-1-7-24-19/h1,3-5,7,11,15H,2,6,8-10,13H2. The highest BCUT2D eigenvalue weighted by Gasteiger charge is 2.56. The van der Waals surface area contributed by atoms with E-state index in [2.05, 4.69) is 4.98 Å². The number of nitriles is 1. The van der Waals surface area contributed by atoms with Crippen LogP contribution in [0.25, 0.3) is 0 Å². The SMILES string of the molecule is N#Cc1cccnc1N1C(=O)C2(OCCCO2)c2cc(S(=O)(=O)N3CCC(F)C3)ccc21. The highest BCUT2D eigenvalue weighted by molar-refractivity contribution is 7.89. The van der Waals surface area contributed by atoms with Crippen molar-refractivity contribution in [2.45, 2.75) is 29.7 Å². The molecule has 11 heteroatoms. The smallest absolute Gasteiger partial charge is 0.298 e. The maximum atomic E-state index is 13.7. The largest absolute Gasteiger partial charge is 0.338 e. The number of hydrogen-bond acceptors (Lipinski definition) is 7. The van der Waals surface area contributed by atoms with Crippen molar-refractivity contribution in [3.8, 4) is 6.07 Å². The van der Waals surface area contributed by atoms with E-state index in [1.807, 2.05) is 6.07 Å². The van der Waals surface area contributed by atoms with Gasteiger partial charge in [0.05, 0.1) is 29.4 Å². The Morgan fingerprint density at radius 3 is 2.72 bits per heavy atom. The van der Waals surface area contributed by atoms with Gasteiger partial charge in [-0.05, 0) is 43.2 Å². The first kappa shape index (κ1) is 21.0. The third-order valence-corrected chi connectivity index (χ3v) is 7.66. The number of sulfonamides is 1. The molecule has 3 aliphatic rings. The first-order valence-corrected chi connectivity index (χ1v) is 11.6. The van der Waals surface area contributed by atoms with Gasteiger partial charge < -0.3 is 9.47 Å². The quantitative estimate of drug-likeness (QED) is 0.691. The molecule has 0 saturated carbocycles. The van der Waals surface area contributed by atoms with Gasteiger partial charge in [0.15, 0.2) is 5.82 Å². The second-order valence-corrected chi connectivity index (χ2v) is 9.66. The van der Waals surface area contributed by atoms with E-state index in [0.29, 0.717) is 12.1 Å². The number of carbonyl (C=O) groups excluding carboxylic acids is 1. The molecule has 0 aliphatic carbocycles. The molecule has 1 aromatic heterocycles. The fourth-order valence-electron chi connectivity index (χ4n) is 4.25. The summed E-state index contributed by atoms with van der Waals surface area (Å²) in [6, 6.07) is 9.29. The molecule has 4 heterocycles. The summed E-state index contributed by atoms with van der Waals surface area (Å²) < 4.78 is 52.6. The van der Waals surface area contributed by atoms with Gasteiger partial charge in [-0.2, -0.15) is 9.57 Å². The summed E-state index contributed by atoms with van der Waals surface area (Å²) in [6.07, 6.45) is 0.960. The number of benzene rings is 1. The van der Waals surface area contributed by atoms with Crippen molar-refractivity contribution in [1.82, 2.24) is 9.29 Å². The van der Waals surface area contributed by atoms with E-state index < -0.39 is 27.9 Å². The van der Waals surface area contributed by atoms with Gasteiger partial charge in [0.1, 0.15) is 12.2 Å². The van der Waals surface area contributed by atoms with Crippen LogP contribution in [-0.4, -0.2) is 56.1 Å². The summed E-state index contributed by atoms with van der Waals surface area (Å²) in [5.41, 5.74) is 0.701. The van der Waals surface area contributed by atoms with Crippen molar-refractivity contribution in [2.24, 2.45) is 0 Å². The van der Waals surface area contributed by atoms with Crippen LogP contribution in [0.2, 0.25) is 0 Å². The molecule has 1 atom stereocenters. The van der Waals surface area contributed by atoms with Gasteiger partial charge in [0.25, 0.3) is 11.7 Å². The zero-order valence-corrected chi connectivity index (χ0v) is 17.7. The highest BCUT2D eigenvalue weighted by atomic mass is 32.2. The van der Waals surface area contributed by atoms with Gasteiger partial charge in [-0.15, -0.1) is 0 Å². The van der Waals surface area contributed by atoms with Crippen molar-refractivity contribution in [3.63, 3.8) is 0 Å². The molecule has 5 rings (SSSR count). The highest BCUT2D eigenvalue weighted by Crippen LogP contribution is 2.49. The molecule has 3 aliphatic heterocycles. The molecule has 1 unspecified atom stereocenters. The average molecular weight is 458 g/mol. The van der Waals surface area contributed by atoms with Crippen molar-refractivity contribution in [2.75, 3.05) is 31.2 Å². The van der Waals surface area contributed by atoms with Crippen LogP contribution in [0, 0.1) is 11.3 Å². The summed E-state index contributed by atoms with van der Waals surface area (Å²) in [4.78, 5) is 18.9. The lowest BCUT2D eigenvalue weighted by molar-refractivity contribution is -0.256. The van der Waals surface area contributed by atoms with Gasteiger partial charge >= 0.3 is 0 Å². The topological polar surface area (TPSA) is 113 Å². The molecule has 2 saturated heterocycles. The van der Waals surface area contributed by atoms with Crippen LogP contribution in [-0.2, 0) is 30.1 Å². The zero-order chi connectivity index (χ0) is 22.5. The number of rotatable bonds is 3. The zero-order valence-electron chi connectivity index (χ0n) is 16.9. The van der Waals surface area contributed by atoms with Crippen LogP contribution in [0.1, 0.15) is 24.0 Å². The number of pyridine rings is 1. The molecule has 1 spiro atoms. The Labute approximate surface area is 184 Å². The first-order chi connectivity index (χ1) is 15.4. The Hall–Kier alpha value is -2.91. The number of alkyl halides is 1. The minimum absolute atomic E-state index is 0.0846. The van der Waals surface area contributed by atoms with Gasteiger partial charge in [0.2, 0.25) is 10.0 Å². The van der Waals surface area contributed by atoms with Crippen LogP contribution >= 0.6 is 0 Å². The molecule has 166 valence electrons. The van der Waals surface area contributed by atoms with E-state index in [1.54, 1.807) is 6.07 Å². The van der Waals surface area contributed by atoms with Gasteiger partial charge in [-0.1, -0.05) is 0 Å². The van der Waals surface area contributed by atoms with Gasteiger partial charge in [0, 0.05) is 24.8 Å². The number of carbonyl (C=O) groups is 1. The summed E-state index contributed by atoms with van der Waals surface area (Å²) in [5.74, 6) is -2.34. The third-order valence-electron chi connectivity index (χ3n) is 5.80. The van der Waals surface area contributed by atoms with Gasteiger partial charge in [-0.25, -0.2) is 17.8 Å². The number of halogens is 1. The number of anilines is 2. The second kappa shape index (κ2) is 7.60. The Kier molecular flexibility index (Phi) is 4.98. The lowest BCUT2D eigenvalue weighted by Gasteiger charge is -2.32. The average Bonchev–Trinajstić information content (AvgIpc) is 3.35. The first-order valence-electron chi connectivity index (χ1n) is 10.1. The predicted octanol–water partition coefficient (Wildman–Crippen LogP) is 1.95. The summed E-state index contributed by atoms with van der Waals surface area (Å²) in [5, 5.41) is 9.50. The maximum Gasteiger partial charge on any atom is 0.298 e. The lowest BCUT2D eigenvalue weighted by Crippen LogP contribution is -2.46. The number of aromatic nitrogens is 1. The molecule has 2 aromatic rings.